The minimum Gasteiger partial charge on any atom is -0.508 e. The van der Waals surface area contributed by atoms with Crippen LogP contribution in [0.15, 0.2) is 53.4 Å². The number of aromatic hydroxyl groups is 1. The number of benzene rings is 2. The Labute approximate surface area is 157 Å². The summed E-state index contributed by atoms with van der Waals surface area (Å²) in [5, 5.41) is 12.2. The SMILES string of the molecule is CCC[Si](CCC)(CSc1ccc(O)cc1)c1ccc(OCC)cc1. The molecule has 2 aromatic rings. The minimum atomic E-state index is -1.57. The van der Waals surface area contributed by atoms with E-state index in [0.717, 1.165) is 5.75 Å². The lowest BCUT2D eigenvalue weighted by atomic mass is 10.3. The molecule has 0 fully saturated rings. The molecule has 0 aliphatic rings. The van der Waals surface area contributed by atoms with Crippen LogP contribution in [0.3, 0.4) is 0 Å². The number of hydrogen-bond donors (Lipinski definition) is 1. The largest absolute Gasteiger partial charge is 0.508 e. The van der Waals surface area contributed by atoms with Crippen molar-refractivity contribution in [3.63, 3.8) is 0 Å². The van der Waals surface area contributed by atoms with Crippen molar-refractivity contribution in [3.05, 3.63) is 48.5 Å². The van der Waals surface area contributed by atoms with Crippen LogP contribution in [0.4, 0.5) is 0 Å². The Hall–Kier alpha value is -1.39. The normalized spacial score (nSPS) is 11.5. The average Bonchev–Trinajstić information content (AvgIpc) is 2.62. The molecule has 2 rings (SSSR count). The van der Waals surface area contributed by atoms with Crippen LogP contribution in [0, 0.1) is 0 Å². The fourth-order valence-electron chi connectivity index (χ4n) is 3.43. The Kier molecular flexibility index (Phi) is 7.91. The van der Waals surface area contributed by atoms with Crippen LogP contribution in [-0.4, -0.2) is 25.2 Å². The summed E-state index contributed by atoms with van der Waals surface area (Å²) in [5.41, 5.74) is 0. The highest BCUT2D eigenvalue weighted by Crippen LogP contribution is 2.30. The summed E-state index contributed by atoms with van der Waals surface area (Å²) >= 11 is 1.94. The van der Waals surface area contributed by atoms with E-state index in [9.17, 15) is 5.11 Å². The van der Waals surface area contributed by atoms with E-state index in [1.165, 1.54) is 35.2 Å². The highest BCUT2D eigenvalue weighted by atomic mass is 32.2. The molecule has 0 unspecified atom stereocenters. The summed E-state index contributed by atoms with van der Waals surface area (Å²) in [5.74, 6) is 1.30. The molecule has 0 aromatic heterocycles. The molecule has 0 aliphatic heterocycles. The molecule has 136 valence electrons. The van der Waals surface area contributed by atoms with Gasteiger partial charge in [-0.1, -0.05) is 56.1 Å². The summed E-state index contributed by atoms with van der Waals surface area (Å²) in [4.78, 5) is 1.24. The monoisotopic (exact) mass is 374 g/mol. The van der Waals surface area contributed by atoms with Gasteiger partial charge in [-0.25, -0.2) is 0 Å². The van der Waals surface area contributed by atoms with E-state index in [4.69, 9.17) is 4.74 Å². The van der Waals surface area contributed by atoms with Gasteiger partial charge in [-0.15, -0.1) is 11.8 Å². The first-order valence-corrected chi connectivity index (χ1v) is 12.9. The van der Waals surface area contributed by atoms with Crippen LogP contribution in [0.2, 0.25) is 12.1 Å². The first kappa shape index (κ1) is 19.9. The molecule has 4 heteroatoms. The molecule has 2 nitrogen and oxygen atoms in total. The Morgan fingerprint density at radius 1 is 0.880 bits per heavy atom. The van der Waals surface area contributed by atoms with Gasteiger partial charge in [-0.05, 0) is 48.7 Å². The van der Waals surface area contributed by atoms with Gasteiger partial charge in [0, 0.05) is 4.90 Å². The fraction of sp³-hybridized carbons (Fsp3) is 0.429. The lowest BCUT2D eigenvalue weighted by molar-refractivity contribution is 0.340. The molecule has 0 bridgehead atoms. The minimum absolute atomic E-state index is 0.335. The van der Waals surface area contributed by atoms with E-state index >= 15 is 0 Å². The molecular weight excluding hydrogens is 344 g/mol. The summed E-state index contributed by atoms with van der Waals surface area (Å²) in [7, 11) is -1.57. The number of ether oxygens (including phenoxy) is 1. The van der Waals surface area contributed by atoms with E-state index in [-0.39, 0.29) is 0 Å². The third-order valence-electron chi connectivity index (χ3n) is 4.59. The number of hydrogen-bond acceptors (Lipinski definition) is 3. The molecule has 1 N–H and O–H groups in total. The van der Waals surface area contributed by atoms with E-state index < -0.39 is 8.07 Å². The maximum atomic E-state index is 9.49. The van der Waals surface area contributed by atoms with Gasteiger partial charge >= 0.3 is 0 Å². The summed E-state index contributed by atoms with van der Waals surface area (Å²) in [6.07, 6.45) is 2.46. The molecule has 0 saturated carbocycles. The zero-order valence-electron chi connectivity index (χ0n) is 15.6. The van der Waals surface area contributed by atoms with Crippen molar-refractivity contribution in [2.24, 2.45) is 0 Å². The van der Waals surface area contributed by atoms with Crippen LogP contribution in [0.5, 0.6) is 11.5 Å². The van der Waals surface area contributed by atoms with Gasteiger partial charge in [-0.2, -0.15) is 0 Å². The van der Waals surface area contributed by atoms with Gasteiger partial charge in [0.1, 0.15) is 11.5 Å². The Balaban J connectivity index is 2.23. The van der Waals surface area contributed by atoms with Crippen molar-refractivity contribution in [2.45, 2.75) is 50.6 Å². The lowest BCUT2D eigenvalue weighted by Gasteiger charge is -2.32. The highest BCUT2D eigenvalue weighted by molar-refractivity contribution is 8.01. The van der Waals surface area contributed by atoms with Crippen molar-refractivity contribution in [3.8, 4) is 11.5 Å². The third-order valence-corrected chi connectivity index (χ3v) is 12.5. The van der Waals surface area contributed by atoms with Gasteiger partial charge < -0.3 is 9.84 Å². The van der Waals surface area contributed by atoms with Crippen molar-refractivity contribution >= 4 is 25.0 Å². The molecule has 0 atom stereocenters. The molecule has 25 heavy (non-hydrogen) atoms. The predicted molar refractivity (Wildman–Crippen MR) is 112 cm³/mol. The molecule has 0 amide bonds. The summed E-state index contributed by atoms with van der Waals surface area (Å²) < 4.78 is 5.62. The van der Waals surface area contributed by atoms with Crippen LogP contribution < -0.4 is 9.92 Å². The zero-order valence-corrected chi connectivity index (χ0v) is 17.4. The Morgan fingerprint density at radius 2 is 1.48 bits per heavy atom. The standard InChI is InChI=1S/C21H30O2SSi/c1-4-15-25(16-5-2,17-24-20-11-7-18(22)8-12-20)21-13-9-19(10-14-21)23-6-3/h7-14,22H,4-6,15-17H2,1-3H3. The number of thioether (sulfide) groups is 1. The van der Waals surface area contributed by atoms with Gasteiger partial charge in [0.15, 0.2) is 0 Å². The molecule has 2 aromatic carbocycles. The summed E-state index contributed by atoms with van der Waals surface area (Å²) in [6, 6.07) is 19.1. The van der Waals surface area contributed by atoms with Crippen LogP contribution in [0.25, 0.3) is 0 Å². The first-order chi connectivity index (χ1) is 12.1. The van der Waals surface area contributed by atoms with E-state index in [1.54, 1.807) is 17.3 Å². The third kappa shape index (κ3) is 5.55. The molecule has 0 radical (unpaired) electrons. The van der Waals surface area contributed by atoms with Gasteiger partial charge in [0.05, 0.1) is 14.7 Å². The number of rotatable bonds is 10. The van der Waals surface area contributed by atoms with E-state index in [2.05, 4.69) is 38.1 Å². The average molecular weight is 375 g/mol. The van der Waals surface area contributed by atoms with Gasteiger partial charge in [0.25, 0.3) is 0 Å². The maximum absolute atomic E-state index is 9.49. The maximum Gasteiger partial charge on any atom is 0.119 e. The van der Waals surface area contributed by atoms with Gasteiger partial charge in [0.2, 0.25) is 0 Å². The molecule has 0 spiro atoms. The van der Waals surface area contributed by atoms with Crippen LogP contribution in [-0.2, 0) is 0 Å². The van der Waals surface area contributed by atoms with Crippen molar-refractivity contribution in [1.29, 1.82) is 0 Å². The lowest BCUT2D eigenvalue weighted by Crippen LogP contribution is -2.50. The van der Waals surface area contributed by atoms with Gasteiger partial charge in [-0.3, -0.25) is 0 Å². The smallest absolute Gasteiger partial charge is 0.119 e. The highest BCUT2D eigenvalue weighted by Gasteiger charge is 2.33. The second-order valence-electron chi connectivity index (χ2n) is 6.52. The second-order valence-corrected chi connectivity index (χ2v) is 12.6. The Bertz CT molecular complexity index is 619. The van der Waals surface area contributed by atoms with Crippen molar-refractivity contribution in [2.75, 3.05) is 12.0 Å². The topological polar surface area (TPSA) is 29.5 Å². The summed E-state index contributed by atoms with van der Waals surface area (Å²) in [6.45, 7) is 7.34. The molecule has 0 saturated heterocycles. The molecular formula is C21H30O2SSi. The van der Waals surface area contributed by atoms with Crippen molar-refractivity contribution in [1.82, 2.24) is 0 Å². The quantitative estimate of drug-likeness (QED) is 0.434. The van der Waals surface area contributed by atoms with Crippen LogP contribution >= 0.6 is 11.8 Å². The zero-order chi connectivity index (χ0) is 18.1. The Morgan fingerprint density at radius 3 is 2.00 bits per heavy atom. The van der Waals surface area contributed by atoms with E-state index in [0.29, 0.717) is 12.4 Å². The van der Waals surface area contributed by atoms with Crippen molar-refractivity contribution < 1.29 is 9.84 Å². The second kappa shape index (κ2) is 9.93. The molecule has 0 heterocycles. The predicted octanol–water partition coefficient (Wildman–Crippen LogP) is 5.60. The number of phenols is 1. The first-order valence-electron chi connectivity index (χ1n) is 9.28. The van der Waals surface area contributed by atoms with Crippen LogP contribution in [0.1, 0.15) is 33.6 Å². The fourth-order valence-corrected chi connectivity index (χ4v) is 11.0. The van der Waals surface area contributed by atoms with E-state index in [1.807, 2.05) is 30.8 Å². The molecule has 0 aliphatic carbocycles. The number of phenolic OH excluding ortho intramolecular Hbond substituents is 1.